The van der Waals surface area contributed by atoms with Gasteiger partial charge in [0.15, 0.2) is 6.29 Å². The van der Waals surface area contributed by atoms with Gasteiger partial charge in [0.05, 0.1) is 4.92 Å². The second-order valence-electron chi connectivity index (χ2n) is 2.07. The van der Waals surface area contributed by atoms with Crippen molar-refractivity contribution in [2.45, 2.75) is 0 Å². The number of carbonyl (C=O) groups excluding carboxylic acids is 1. The Morgan fingerprint density at radius 2 is 2.17 bits per heavy atom. The average molecular weight is 191 g/mol. The minimum atomic E-state index is -3.48. The molecule has 0 saturated carbocycles. The molecule has 0 aromatic carbocycles. The summed E-state index contributed by atoms with van der Waals surface area (Å²) in [7, 11) is -3.48. The van der Waals surface area contributed by atoms with Crippen LogP contribution in [-0.2, 0) is 4.79 Å². The van der Waals surface area contributed by atoms with Crippen LogP contribution < -0.4 is 0 Å². The topological polar surface area (TPSA) is 101 Å². The molecule has 0 aliphatic carbocycles. The maximum Gasteiger partial charge on any atom is 0.361 e. The summed E-state index contributed by atoms with van der Waals surface area (Å²) >= 11 is 0. The quantitative estimate of drug-likeness (QED) is 0.384. The molecule has 0 amide bonds. The van der Waals surface area contributed by atoms with Gasteiger partial charge in [0.2, 0.25) is 0 Å². The van der Waals surface area contributed by atoms with Crippen LogP contribution in [0.4, 0.5) is 0 Å². The Bertz CT molecular complexity index is 305. The third-order valence-corrected chi connectivity index (χ3v) is 2.70. The molecular formula is C5H5NO5S. The van der Waals surface area contributed by atoms with Crippen molar-refractivity contribution in [3.63, 3.8) is 0 Å². The van der Waals surface area contributed by atoms with Gasteiger partial charge in [0, 0.05) is 17.1 Å². The van der Waals surface area contributed by atoms with E-state index in [2.05, 4.69) is 0 Å². The zero-order chi connectivity index (χ0) is 9.35. The van der Waals surface area contributed by atoms with Gasteiger partial charge in [0.1, 0.15) is 0 Å². The van der Waals surface area contributed by atoms with Crippen molar-refractivity contribution in [3.8, 4) is 0 Å². The van der Waals surface area contributed by atoms with Gasteiger partial charge in [-0.15, -0.1) is 0 Å². The van der Waals surface area contributed by atoms with E-state index in [1.54, 1.807) is 0 Å². The molecule has 0 atom stereocenters. The number of nitrogens with zero attached hydrogens (tertiary/aromatic N) is 1. The van der Waals surface area contributed by atoms with E-state index in [0.29, 0.717) is 6.29 Å². The minimum absolute atomic E-state index is 0.0818. The number of rotatable bonds is 2. The molecule has 0 unspecified atom stereocenters. The molecule has 0 bridgehead atoms. The van der Waals surface area contributed by atoms with E-state index >= 15 is 0 Å². The summed E-state index contributed by atoms with van der Waals surface area (Å²) in [6, 6.07) is 0. The Kier molecular flexibility index (Phi) is 2.01. The molecule has 66 valence electrons. The third-order valence-electron chi connectivity index (χ3n) is 1.21. The fraction of sp³-hybridized carbons (Fsp3) is 0. The Morgan fingerprint density at radius 3 is 2.42 bits per heavy atom. The van der Waals surface area contributed by atoms with Crippen molar-refractivity contribution >= 4 is 16.9 Å². The predicted molar refractivity (Wildman–Crippen MR) is 42.1 cm³/mol. The summed E-state index contributed by atoms with van der Waals surface area (Å²) in [5.41, 5.74) is -0.0818. The number of nitro groups is 1. The first-order chi connectivity index (χ1) is 5.47. The van der Waals surface area contributed by atoms with Crippen LogP contribution in [0.2, 0.25) is 0 Å². The van der Waals surface area contributed by atoms with Crippen molar-refractivity contribution in [2.75, 3.05) is 0 Å². The molecule has 1 aliphatic rings. The normalized spacial score (nSPS) is 22.5. The second kappa shape index (κ2) is 2.70. The molecule has 0 spiro atoms. The molecule has 0 radical (unpaired) electrons. The van der Waals surface area contributed by atoms with Gasteiger partial charge in [-0.2, -0.15) is 0 Å². The van der Waals surface area contributed by atoms with Crippen LogP contribution in [0.25, 0.3) is 0 Å². The van der Waals surface area contributed by atoms with Gasteiger partial charge in [-0.25, -0.2) is 0 Å². The number of hydrogen-bond acceptors (Lipinski definition) is 5. The van der Waals surface area contributed by atoms with Gasteiger partial charge in [-0.1, -0.05) is 10.6 Å². The molecule has 1 heterocycles. The van der Waals surface area contributed by atoms with Crippen molar-refractivity contribution in [3.05, 3.63) is 32.2 Å². The minimum Gasteiger partial charge on any atom is -0.298 e. The highest BCUT2D eigenvalue weighted by Crippen LogP contribution is 2.53. The SMILES string of the molecule is O=CC1=CS(O)(O)C([N+](=O)[O-])=C1. The average Bonchev–Trinajstić information content (AvgIpc) is 2.25. The first-order valence-electron chi connectivity index (χ1n) is 2.78. The highest BCUT2D eigenvalue weighted by Gasteiger charge is 2.33. The molecule has 2 N–H and O–H groups in total. The molecule has 7 heteroatoms. The van der Waals surface area contributed by atoms with E-state index in [4.69, 9.17) is 9.11 Å². The fourth-order valence-electron chi connectivity index (χ4n) is 0.738. The largest absolute Gasteiger partial charge is 0.361 e. The van der Waals surface area contributed by atoms with Crippen LogP contribution in [0, 0.1) is 10.1 Å². The lowest BCUT2D eigenvalue weighted by Gasteiger charge is -2.19. The van der Waals surface area contributed by atoms with Gasteiger partial charge in [-0.05, 0) is 0 Å². The lowest BCUT2D eigenvalue weighted by molar-refractivity contribution is -0.412. The van der Waals surface area contributed by atoms with Crippen molar-refractivity contribution < 1.29 is 18.8 Å². The summed E-state index contributed by atoms with van der Waals surface area (Å²) in [4.78, 5) is 19.4. The van der Waals surface area contributed by atoms with Crippen LogP contribution in [0.1, 0.15) is 0 Å². The summed E-state index contributed by atoms with van der Waals surface area (Å²) < 4.78 is 18.0. The van der Waals surface area contributed by atoms with E-state index < -0.39 is 20.5 Å². The lowest BCUT2D eigenvalue weighted by atomic mass is 10.3. The van der Waals surface area contributed by atoms with E-state index in [9.17, 15) is 14.9 Å². The molecule has 1 rings (SSSR count). The fourth-order valence-corrected chi connectivity index (χ4v) is 1.89. The zero-order valence-corrected chi connectivity index (χ0v) is 6.52. The van der Waals surface area contributed by atoms with Crippen molar-refractivity contribution in [1.82, 2.24) is 0 Å². The number of allylic oxidation sites excluding steroid dienone is 2. The number of carbonyl (C=O) groups is 1. The van der Waals surface area contributed by atoms with Crippen molar-refractivity contribution in [2.24, 2.45) is 0 Å². The second-order valence-corrected chi connectivity index (χ2v) is 3.91. The van der Waals surface area contributed by atoms with Crippen LogP contribution in [0.15, 0.2) is 22.1 Å². The molecule has 6 nitrogen and oxygen atoms in total. The lowest BCUT2D eigenvalue weighted by Crippen LogP contribution is -2.03. The number of aldehydes is 1. The van der Waals surface area contributed by atoms with Gasteiger partial charge in [-0.3, -0.25) is 24.0 Å². The van der Waals surface area contributed by atoms with E-state index in [1.807, 2.05) is 0 Å². The first kappa shape index (κ1) is 8.91. The Hall–Kier alpha value is -1.18. The molecule has 0 aromatic rings. The van der Waals surface area contributed by atoms with Gasteiger partial charge < -0.3 is 0 Å². The van der Waals surface area contributed by atoms with Gasteiger partial charge in [0.25, 0.3) is 0 Å². The van der Waals surface area contributed by atoms with Crippen LogP contribution in [0.5, 0.6) is 0 Å². The van der Waals surface area contributed by atoms with E-state index in [-0.39, 0.29) is 5.57 Å². The summed E-state index contributed by atoms with van der Waals surface area (Å²) in [6.07, 6.45) is 1.17. The maximum atomic E-state index is 10.2. The predicted octanol–water partition coefficient (Wildman–Crippen LogP) is 0.952. The Morgan fingerprint density at radius 1 is 1.58 bits per heavy atom. The third kappa shape index (κ3) is 1.37. The van der Waals surface area contributed by atoms with E-state index in [1.165, 1.54) is 0 Å². The van der Waals surface area contributed by atoms with Crippen molar-refractivity contribution in [1.29, 1.82) is 0 Å². The highest BCUT2D eigenvalue weighted by atomic mass is 32.3. The molecule has 0 fully saturated rings. The molecule has 12 heavy (non-hydrogen) atoms. The molecule has 0 saturated heterocycles. The summed E-state index contributed by atoms with van der Waals surface area (Å²) in [6.45, 7) is 0. The smallest absolute Gasteiger partial charge is 0.298 e. The summed E-state index contributed by atoms with van der Waals surface area (Å²) in [5.74, 6) is 0. The monoisotopic (exact) mass is 191 g/mol. The van der Waals surface area contributed by atoms with Gasteiger partial charge >= 0.3 is 5.03 Å². The molecular weight excluding hydrogens is 186 g/mol. The van der Waals surface area contributed by atoms with Crippen LogP contribution in [0.3, 0.4) is 0 Å². The molecule has 1 aliphatic heterocycles. The summed E-state index contributed by atoms with van der Waals surface area (Å²) in [5, 5.41) is 10.2. The van der Waals surface area contributed by atoms with Crippen LogP contribution in [-0.4, -0.2) is 20.3 Å². The highest BCUT2D eigenvalue weighted by molar-refractivity contribution is 8.30. The van der Waals surface area contributed by atoms with E-state index in [0.717, 1.165) is 11.5 Å². The zero-order valence-electron chi connectivity index (χ0n) is 5.71. The Labute approximate surface area is 68.7 Å². The van der Waals surface area contributed by atoms with Crippen LogP contribution >= 0.6 is 10.6 Å². The first-order valence-corrected chi connectivity index (χ1v) is 4.39. The Balaban J connectivity index is 3.08. The standard InChI is InChI=1S/C5H5NO5S/c7-2-4-1-5(6(8)9)12(10,11)3-4/h1-3,10-11H. The molecule has 0 aromatic heterocycles. The number of hydrogen-bond donors (Lipinski definition) is 2. The maximum absolute atomic E-state index is 10.2.